The van der Waals surface area contributed by atoms with Crippen LogP contribution in [0.25, 0.3) is 0 Å². The molecule has 3 rings (SSSR count). The molecule has 6 nitrogen and oxygen atoms in total. The number of carbonyl (C=O) groups is 2. The maximum Gasteiger partial charge on any atom is 0.420 e. The van der Waals surface area contributed by atoms with Gasteiger partial charge in [0.15, 0.2) is 5.69 Å². The molecule has 0 amide bonds. The molecule has 0 N–H and O–H groups in total. The van der Waals surface area contributed by atoms with E-state index in [1.807, 2.05) is 83.3 Å². The Morgan fingerprint density at radius 2 is 1.44 bits per heavy atom. The van der Waals surface area contributed by atoms with Gasteiger partial charge >= 0.3 is 12.1 Å². The van der Waals surface area contributed by atoms with E-state index in [9.17, 15) is 9.59 Å². The monoisotopic (exact) mass is 476 g/mol. The van der Waals surface area contributed by atoms with E-state index in [0.29, 0.717) is 9.53 Å². The number of imidazole rings is 1. The number of hydrogen-bond donors (Lipinski definition) is 0. The van der Waals surface area contributed by atoms with Crippen molar-refractivity contribution in [2.75, 3.05) is 0 Å². The molecule has 1 heterocycles. The Bertz CT molecular complexity index is 939. The molecule has 1 aromatic heterocycles. The first-order chi connectivity index (χ1) is 13.1. The molecular weight excluding hydrogens is 459 g/mol. The molecule has 0 aliphatic carbocycles. The Morgan fingerprint density at radius 1 is 0.926 bits per heavy atom. The number of halogens is 1. The predicted octanol–water partition coefficient (Wildman–Crippen LogP) is 4.34. The summed E-state index contributed by atoms with van der Waals surface area (Å²) in [5.74, 6) is -0.218. The Balaban J connectivity index is 1.68. The lowest BCUT2D eigenvalue weighted by molar-refractivity contribution is 0.0465. The van der Waals surface area contributed by atoms with Crippen LogP contribution in [0, 0.1) is 10.6 Å². The normalized spacial score (nSPS) is 10.4. The minimum atomic E-state index is -0.588. The lowest BCUT2D eigenvalue weighted by atomic mass is 10.2. The SMILES string of the molecule is Cc1nc(C(=O)OCc2ccccc2)c(I)n1C(=O)OCc1ccccc1. The number of carbonyl (C=O) groups excluding carboxylic acids is 2. The predicted molar refractivity (Wildman–Crippen MR) is 107 cm³/mol. The highest BCUT2D eigenvalue weighted by atomic mass is 127. The van der Waals surface area contributed by atoms with Gasteiger partial charge < -0.3 is 9.47 Å². The fraction of sp³-hybridized carbons (Fsp3) is 0.150. The van der Waals surface area contributed by atoms with E-state index in [2.05, 4.69) is 4.98 Å². The van der Waals surface area contributed by atoms with Crippen LogP contribution in [0.5, 0.6) is 0 Å². The lowest BCUT2D eigenvalue weighted by Crippen LogP contribution is -2.17. The number of aromatic nitrogens is 2. The number of ether oxygens (including phenoxy) is 2. The fourth-order valence-electron chi connectivity index (χ4n) is 2.42. The molecule has 0 aliphatic heterocycles. The Kier molecular flexibility index (Phi) is 6.23. The number of aryl methyl sites for hydroxylation is 1. The van der Waals surface area contributed by atoms with Crippen molar-refractivity contribution in [2.45, 2.75) is 20.1 Å². The van der Waals surface area contributed by atoms with E-state index in [1.54, 1.807) is 6.92 Å². The number of benzene rings is 2. The van der Waals surface area contributed by atoms with Gasteiger partial charge in [0.2, 0.25) is 0 Å². The molecule has 0 aliphatic rings. The first kappa shape index (κ1) is 19.1. The highest BCUT2D eigenvalue weighted by molar-refractivity contribution is 14.1. The average Bonchev–Trinajstić information content (AvgIpc) is 3.00. The molecule has 3 aromatic rings. The van der Waals surface area contributed by atoms with Crippen LogP contribution >= 0.6 is 22.6 Å². The van der Waals surface area contributed by atoms with E-state index >= 15 is 0 Å². The molecule has 0 saturated carbocycles. The zero-order chi connectivity index (χ0) is 19.2. The van der Waals surface area contributed by atoms with E-state index < -0.39 is 12.1 Å². The van der Waals surface area contributed by atoms with Crippen molar-refractivity contribution in [3.63, 3.8) is 0 Å². The summed E-state index contributed by atoms with van der Waals surface area (Å²) in [7, 11) is 0. The third-order valence-electron chi connectivity index (χ3n) is 3.78. The first-order valence-electron chi connectivity index (χ1n) is 8.23. The highest BCUT2D eigenvalue weighted by Gasteiger charge is 2.24. The molecule has 0 fully saturated rings. The van der Waals surface area contributed by atoms with Crippen LogP contribution in [0.2, 0.25) is 0 Å². The topological polar surface area (TPSA) is 70.4 Å². The first-order valence-corrected chi connectivity index (χ1v) is 9.31. The Labute approximate surface area is 170 Å². The van der Waals surface area contributed by atoms with Crippen LogP contribution in [0.4, 0.5) is 4.79 Å². The van der Waals surface area contributed by atoms with Gasteiger partial charge in [-0.05, 0) is 40.6 Å². The van der Waals surface area contributed by atoms with Crippen molar-refractivity contribution in [2.24, 2.45) is 0 Å². The van der Waals surface area contributed by atoms with Crippen molar-refractivity contribution in [1.29, 1.82) is 0 Å². The molecule has 0 spiro atoms. The second-order valence-electron chi connectivity index (χ2n) is 5.74. The fourth-order valence-corrected chi connectivity index (χ4v) is 3.31. The van der Waals surface area contributed by atoms with Crippen molar-refractivity contribution in [3.05, 3.63) is 87.0 Å². The van der Waals surface area contributed by atoms with Crippen LogP contribution in [0.1, 0.15) is 27.4 Å². The van der Waals surface area contributed by atoms with Crippen molar-refractivity contribution >= 4 is 34.7 Å². The van der Waals surface area contributed by atoms with Gasteiger partial charge in [-0.2, -0.15) is 0 Å². The minimum absolute atomic E-state index is 0.0979. The molecule has 7 heteroatoms. The molecular formula is C20H17IN2O4. The van der Waals surface area contributed by atoms with Gasteiger partial charge in [0, 0.05) is 0 Å². The Hall–Kier alpha value is -2.68. The molecule has 138 valence electrons. The summed E-state index contributed by atoms with van der Waals surface area (Å²) in [6.45, 7) is 1.92. The zero-order valence-corrected chi connectivity index (χ0v) is 16.8. The second-order valence-corrected chi connectivity index (χ2v) is 6.76. The minimum Gasteiger partial charge on any atom is -0.456 e. The molecule has 0 radical (unpaired) electrons. The second kappa shape index (κ2) is 8.81. The molecule has 27 heavy (non-hydrogen) atoms. The van der Waals surface area contributed by atoms with E-state index in [4.69, 9.17) is 9.47 Å². The molecule has 0 atom stereocenters. The summed E-state index contributed by atoms with van der Waals surface area (Å²) >= 11 is 1.90. The van der Waals surface area contributed by atoms with Gasteiger partial charge in [0.1, 0.15) is 22.7 Å². The summed E-state index contributed by atoms with van der Waals surface area (Å²) in [6.07, 6.45) is -0.588. The molecule has 2 aromatic carbocycles. The van der Waals surface area contributed by atoms with E-state index in [0.717, 1.165) is 11.1 Å². The summed E-state index contributed by atoms with van der Waals surface area (Å²) in [5, 5.41) is 0. The quantitative estimate of drug-likeness (QED) is 0.405. The largest absolute Gasteiger partial charge is 0.456 e. The van der Waals surface area contributed by atoms with Gasteiger partial charge in [-0.3, -0.25) is 0 Å². The maximum atomic E-state index is 12.4. The highest BCUT2D eigenvalue weighted by Crippen LogP contribution is 2.17. The van der Waals surface area contributed by atoms with Crippen LogP contribution in [0.3, 0.4) is 0 Å². The lowest BCUT2D eigenvalue weighted by Gasteiger charge is -2.07. The molecule has 0 unspecified atom stereocenters. The van der Waals surface area contributed by atoms with Crippen LogP contribution in [0.15, 0.2) is 60.7 Å². The van der Waals surface area contributed by atoms with Crippen LogP contribution < -0.4 is 0 Å². The average molecular weight is 476 g/mol. The van der Waals surface area contributed by atoms with Crippen molar-refractivity contribution in [1.82, 2.24) is 9.55 Å². The number of esters is 1. The molecule has 0 saturated heterocycles. The Morgan fingerprint density at radius 3 is 2.00 bits per heavy atom. The number of rotatable bonds is 5. The smallest absolute Gasteiger partial charge is 0.420 e. The summed E-state index contributed by atoms with van der Waals surface area (Å²) < 4.78 is 12.3. The third kappa shape index (κ3) is 4.73. The standard InChI is InChI=1S/C20H17IN2O4/c1-14-22-17(19(24)26-12-15-8-4-2-5-9-15)18(21)23(14)20(25)27-13-16-10-6-3-7-11-16/h2-11H,12-13H2,1H3. The van der Waals surface area contributed by atoms with E-state index in [1.165, 1.54) is 4.57 Å². The third-order valence-corrected chi connectivity index (χ3v) is 4.78. The zero-order valence-electron chi connectivity index (χ0n) is 14.6. The van der Waals surface area contributed by atoms with Gasteiger partial charge in [-0.1, -0.05) is 60.7 Å². The van der Waals surface area contributed by atoms with Gasteiger partial charge in [0.25, 0.3) is 0 Å². The molecule has 0 bridgehead atoms. The van der Waals surface area contributed by atoms with Gasteiger partial charge in [-0.15, -0.1) is 0 Å². The maximum absolute atomic E-state index is 12.4. The number of nitrogens with zero attached hydrogens (tertiary/aromatic N) is 2. The van der Waals surface area contributed by atoms with Crippen molar-refractivity contribution in [3.8, 4) is 0 Å². The summed E-state index contributed by atoms with van der Waals surface area (Å²) in [5.41, 5.74) is 1.85. The summed E-state index contributed by atoms with van der Waals surface area (Å²) in [4.78, 5) is 28.9. The van der Waals surface area contributed by atoms with Crippen LogP contribution in [-0.2, 0) is 22.7 Å². The van der Waals surface area contributed by atoms with Crippen molar-refractivity contribution < 1.29 is 19.1 Å². The summed E-state index contributed by atoms with van der Waals surface area (Å²) in [6, 6.07) is 18.7. The van der Waals surface area contributed by atoms with E-state index in [-0.39, 0.29) is 18.9 Å². The number of hydrogen-bond acceptors (Lipinski definition) is 5. The van der Waals surface area contributed by atoms with Gasteiger partial charge in [-0.25, -0.2) is 19.1 Å². The van der Waals surface area contributed by atoms with Crippen LogP contribution in [-0.4, -0.2) is 21.6 Å². The van der Waals surface area contributed by atoms with Gasteiger partial charge in [0.05, 0.1) is 0 Å².